The number of ketones is 1. The third-order valence-electron chi connectivity index (χ3n) is 2.74. The molecule has 2 heteroatoms. The quantitative estimate of drug-likeness (QED) is 0.691. The molecule has 0 bridgehead atoms. The lowest BCUT2D eigenvalue weighted by Gasteiger charge is -2.10. The molecule has 0 saturated carbocycles. The van der Waals surface area contributed by atoms with Crippen molar-refractivity contribution >= 4 is 23.2 Å². The van der Waals surface area contributed by atoms with Crippen LogP contribution in [0, 0.1) is 0 Å². The van der Waals surface area contributed by atoms with Gasteiger partial charge in [-0.3, -0.25) is 4.79 Å². The Morgan fingerprint density at radius 3 is 2.50 bits per heavy atom. The van der Waals surface area contributed by atoms with Crippen molar-refractivity contribution in [3.63, 3.8) is 0 Å². The van der Waals surface area contributed by atoms with Crippen molar-refractivity contribution in [2.24, 2.45) is 0 Å². The fourth-order valence-electron chi connectivity index (χ4n) is 2.07. The molecule has 0 atom stereocenters. The highest BCUT2D eigenvalue weighted by Crippen LogP contribution is 2.35. The van der Waals surface area contributed by atoms with Crippen molar-refractivity contribution < 1.29 is 4.79 Å². The Hall–Kier alpha value is -0.890. The summed E-state index contributed by atoms with van der Waals surface area (Å²) in [5, 5.41) is 0. The van der Waals surface area contributed by atoms with E-state index < -0.39 is 0 Å². The first kappa shape index (κ1) is 13.2. The molecule has 0 unspecified atom stereocenters. The molecule has 2 rings (SSSR count). The van der Waals surface area contributed by atoms with Crippen LogP contribution in [0.15, 0.2) is 6.58 Å². The highest BCUT2D eigenvalue weighted by Gasteiger charge is 2.20. The summed E-state index contributed by atoms with van der Waals surface area (Å²) in [6.07, 6.45) is 6.63. The molecule has 1 aliphatic carbocycles. The Balaban J connectivity index is 0.000000606. The van der Waals surface area contributed by atoms with Crippen LogP contribution in [0.25, 0.3) is 6.08 Å². The van der Waals surface area contributed by atoms with Gasteiger partial charge < -0.3 is 0 Å². The first-order valence-electron chi connectivity index (χ1n) is 6.02. The third-order valence-corrected chi connectivity index (χ3v) is 4.14. The standard InChI is InChI=1S/C12H14OS.C2H6/c1-3-9-10-6-4-5-7-11(10)14-12(9)8(2)13;1-2/h3H,1,4-7H2,2H3;1-2H3. The summed E-state index contributed by atoms with van der Waals surface area (Å²) in [5.74, 6) is 0.180. The smallest absolute Gasteiger partial charge is 0.170 e. The summed E-state index contributed by atoms with van der Waals surface area (Å²) >= 11 is 1.67. The number of fused-ring (bicyclic) bond motifs is 1. The number of aryl methyl sites for hydroxylation is 1. The fraction of sp³-hybridized carbons (Fsp3) is 0.500. The zero-order chi connectivity index (χ0) is 12.1. The monoisotopic (exact) mass is 236 g/mol. The number of carbonyl (C=O) groups excluding carboxylic acids is 1. The molecule has 0 radical (unpaired) electrons. The molecular weight excluding hydrogens is 216 g/mol. The molecule has 1 nitrogen and oxygen atoms in total. The molecule has 0 fully saturated rings. The average Bonchev–Trinajstić information content (AvgIpc) is 2.70. The summed E-state index contributed by atoms with van der Waals surface area (Å²) in [5.41, 5.74) is 2.50. The lowest BCUT2D eigenvalue weighted by atomic mass is 9.94. The predicted octanol–water partition coefficient (Wildman–Crippen LogP) is 4.50. The average molecular weight is 236 g/mol. The number of rotatable bonds is 2. The third kappa shape index (κ3) is 2.43. The predicted molar refractivity (Wildman–Crippen MR) is 72.4 cm³/mol. The SMILES string of the molecule is C=Cc1c(C(C)=O)sc2c1CCCC2.CC. The molecule has 1 aromatic heterocycles. The topological polar surface area (TPSA) is 17.1 Å². The minimum Gasteiger partial charge on any atom is -0.294 e. The van der Waals surface area contributed by atoms with Gasteiger partial charge in [-0.25, -0.2) is 0 Å². The molecule has 0 N–H and O–H groups in total. The van der Waals surface area contributed by atoms with E-state index in [2.05, 4.69) is 6.58 Å². The van der Waals surface area contributed by atoms with Crippen molar-refractivity contribution in [3.8, 4) is 0 Å². The minimum atomic E-state index is 0.180. The molecule has 16 heavy (non-hydrogen) atoms. The number of hydrogen-bond acceptors (Lipinski definition) is 2. The summed E-state index contributed by atoms with van der Waals surface area (Å²) in [7, 11) is 0. The van der Waals surface area contributed by atoms with Gasteiger partial charge in [0, 0.05) is 4.88 Å². The van der Waals surface area contributed by atoms with E-state index in [1.807, 2.05) is 19.9 Å². The molecule has 0 aliphatic heterocycles. The van der Waals surface area contributed by atoms with Crippen LogP contribution in [-0.4, -0.2) is 5.78 Å². The maximum Gasteiger partial charge on any atom is 0.170 e. The number of Topliss-reactive ketones (excluding diaryl/α,β-unsaturated/α-hetero) is 1. The van der Waals surface area contributed by atoms with Crippen molar-refractivity contribution in [2.45, 2.75) is 46.5 Å². The summed E-state index contributed by atoms with van der Waals surface area (Å²) in [4.78, 5) is 13.7. The fourth-order valence-corrected chi connectivity index (χ4v) is 3.36. The van der Waals surface area contributed by atoms with Gasteiger partial charge in [-0.15, -0.1) is 11.3 Å². The van der Waals surface area contributed by atoms with Crippen molar-refractivity contribution in [1.29, 1.82) is 0 Å². The van der Waals surface area contributed by atoms with E-state index in [9.17, 15) is 4.79 Å². The Bertz CT molecular complexity index is 388. The number of hydrogen-bond donors (Lipinski definition) is 0. The molecule has 0 aromatic carbocycles. The molecule has 1 heterocycles. The van der Waals surface area contributed by atoms with E-state index in [-0.39, 0.29) is 5.78 Å². The van der Waals surface area contributed by atoms with Crippen LogP contribution in [0.2, 0.25) is 0 Å². The molecule has 1 aliphatic rings. The van der Waals surface area contributed by atoms with E-state index in [1.54, 1.807) is 18.3 Å². The summed E-state index contributed by atoms with van der Waals surface area (Å²) in [6.45, 7) is 9.45. The van der Waals surface area contributed by atoms with Gasteiger partial charge in [-0.05, 0) is 43.7 Å². The molecular formula is C14H20OS. The van der Waals surface area contributed by atoms with E-state index in [0.717, 1.165) is 23.3 Å². The maximum atomic E-state index is 11.4. The van der Waals surface area contributed by atoms with E-state index in [4.69, 9.17) is 0 Å². The zero-order valence-corrected chi connectivity index (χ0v) is 11.2. The highest BCUT2D eigenvalue weighted by atomic mass is 32.1. The Morgan fingerprint density at radius 2 is 1.94 bits per heavy atom. The summed E-state index contributed by atoms with van der Waals surface area (Å²) in [6, 6.07) is 0. The minimum absolute atomic E-state index is 0.180. The summed E-state index contributed by atoms with van der Waals surface area (Å²) < 4.78 is 0. The van der Waals surface area contributed by atoms with E-state index in [1.165, 1.54) is 23.3 Å². The van der Waals surface area contributed by atoms with Crippen molar-refractivity contribution in [1.82, 2.24) is 0 Å². The maximum absolute atomic E-state index is 11.4. The molecule has 88 valence electrons. The normalized spacial score (nSPS) is 13.4. The Morgan fingerprint density at radius 1 is 1.31 bits per heavy atom. The van der Waals surface area contributed by atoms with Gasteiger partial charge in [0.2, 0.25) is 0 Å². The van der Waals surface area contributed by atoms with Crippen LogP contribution in [0.5, 0.6) is 0 Å². The van der Waals surface area contributed by atoms with Gasteiger partial charge in [0.1, 0.15) is 0 Å². The first-order valence-corrected chi connectivity index (χ1v) is 6.83. The lowest BCUT2D eigenvalue weighted by molar-refractivity contribution is 0.102. The number of carbonyl (C=O) groups is 1. The van der Waals surface area contributed by atoms with Gasteiger partial charge in [-0.1, -0.05) is 26.5 Å². The van der Waals surface area contributed by atoms with Gasteiger partial charge in [-0.2, -0.15) is 0 Å². The number of thiophene rings is 1. The zero-order valence-electron chi connectivity index (χ0n) is 10.4. The second-order valence-corrected chi connectivity index (χ2v) is 4.82. The second-order valence-electron chi connectivity index (χ2n) is 3.71. The van der Waals surface area contributed by atoms with Gasteiger partial charge in [0.05, 0.1) is 4.88 Å². The van der Waals surface area contributed by atoms with Crippen LogP contribution < -0.4 is 0 Å². The van der Waals surface area contributed by atoms with Gasteiger partial charge in [0.15, 0.2) is 5.78 Å². The van der Waals surface area contributed by atoms with E-state index >= 15 is 0 Å². The van der Waals surface area contributed by atoms with Crippen LogP contribution >= 0.6 is 11.3 Å². The van der Waals surface area contributed by atoms with Gasteiger partial charge in [0.25, 0.3) is 0 Å². The largest absolute Gasteiger partial charge is 0.294 e. The second kappa shape index (κ2) is 6.00. The van der Waals surface area contributed by atoms with Gasteiger partial charge >= 0.3 is 0 Å². The van der Waals surface area contributed by atoms with Crippen molar-refractivity contribution in [3.05, 3.63) is 27.5 Å². The molecule has 1 aromatic rings. The molecule has 0 saturated heterocycles. The Kier molecular flexibility index (Phi) is 4.94. The lowest BCUT2D eigenvalue weighted by Crippen LogP contribution is -1.99. The van der Waals surface area contributed by atoms with Crippen LogP contribution in [0.3, 0.4) is 0 Å². The van der Waals surface area contributed by atoms with E-state index in [0.29, 0.717) is 0 Å². The van der Waals surface area contributed by atoms with Crippen molar-refractivity contribution in [2.75, 3.05) is 0 Å². The molecule has 0 amide bonds. The van der Waals surface area contributed by atoms with Crippen LogP contribution in [0.4, 0.5) is 0 Å². The van der Waals surface area contributed by atoms with Crippen LogP contribution in [0.1, 0.15) is 59.3 Å². The molecule has 0 spiro atoms. The highest BCUT2D eigenvalue weighted by molar-refractivity contribution is 7.14. The van der Waals surface area contributed by atoms with Crippen LogP contribution in [-0.2, 0) is 12.8 Å². The Labute approximate surface area is 102 Å². The first-order chi connectivity index (χ1) is 7.74.